The molecule has 0 spiro atoms. The Hall–Kier alpha value is -2.14. The molecule has 3 rings (SSSR count). The lowest BCUT2D eigenvalue weighted by Gasteiger charge is -2.01. The zero-order chi connectivity index (χ0) is 11.8. The topological polar surface area (TPSA) is 74.9 Å². The fourth-order valence-corrected chi connectivity index (χ4v) is 1.85. The molecule has 0 aliphatic rings. The molecule has 5 heteroatoms. The molecule has 3 aromatic rings. The number of nitrogens with zero attached hydrogens (tertiary/aromatic N) is 2. The van der Waals surface area contributed by atoms with Crippen molar-refractivity contribution in [1.29, 1.82) is 0 Å². The average molecular weight is 229 g/mol. The van der Waals surface area contributed by atoms with Gasteiger partial charge in [-0.25, -0.2) is 0 Å². The maximum Gasteiger partial charge on any atom is 0.157 e. The number of nitrogens with one attached hydrogen (secondary N) is 1. The van der Waals surface area contributed by atoms with Crippen molar-refractivity contribution in [2.24, 2.45) is 0 Å². The monoisotopic (exact) mass is 229 g/mol. The Kier molecular flexibility index (Phi) is 2.19. The minimum atomic E-state index is -0.888. The lowest BCUT2D eigenvalue weighted by Crippen LogP contribution is -1.98. The van der Waals surface area contributed by atoms with E-state index in [-0.39, 0.29) is 0 Å². The lowest BCUT2D eigenvalue weighted by molar-refractivity contribution is 0.187. The summed E-state index contributed by atoms with van der Waals surface area (Å²) in [5.74, 6) is 0.475. The van der Waals surface area contributed by atoms with Gasteiger partial charge >= 0.3 is 0 Å². The molecule has 0 fully saturated rings. The molecule has 1 aromatic carbocycles. The van der Waals surface area contributed by atoms with Crippen molar-refractivity contribution < 1.29 is 9.52 Å². The van der Waals surface area contributed by atoms with Gasteiger partial charge in [0.05, 0.1) is 6.20 Å². The molecule has 2 aromatic heterocycles. The van der Waals surface area contributed by atoms with Crippen LogP contribution in [0.1, 0.15) is 23.1 Å². The van der Waals surface area contributed by atoms with Crippen molar-refractivity contribution in [2.45, 2.75) is 13.0 Å². The minimum absolute atomic E-state index is 0.446. The molecular formula is C12H11N3O2. The molecule has 0 saturated heterocycles. The van der Waals surface area contributed by atoms with Gasteiger partial charge in [-0.2, -0.15) is 15.4 Å². The maximum absolute atomic E-state index is 10.1. The van der Waals surface area contributed by atoms with Gasteiger partial charge in [0.2, 0.25) is 0 Å². The summed E-state index contributed by atoms with van der Waals surface area (Å²) < 4.78 is 5.65. The van der Waals surface area contributed by atoms with Crippen LogP contribution in [0.4, 0.5) is 0 Å². The molecule has 0 aliphatic carbocycles. The standard InChI is InChI=1S/C12H11N3O2/c1-7-3-2-4-8-5-10(17-12(7)8)11(16)9-6-13-15-14-9/h2-6,11,16H,1H3,(H,13,14,15). The largest absolute Gasteiger partial charge is 0.458 e. The number of H-pyrrole nitrogens is 1. The summed E-state index contributed by atoms with van der Waals surface area (Å²) in [4.78, 5) is 0. The number of para-hydroxylation sites is 1. The molecule has 0 radical (unpaired) electrons. The molecule has 17 heavy (non-hydrogen) atoms. The smallest absolute Gasteiger partial charge is 0.157 e. The van der Waals surface area contributed by atoms with Crippen LogP contribution in [0, 0.1) is 6.92 Å². The van der Waals surface area contributed by atoms with E-state index in [1.54, 1.807) is 0 Å². The number of aliphatic hydroxyl groups excluding tert-OH is 1. The second-order valence-corrected chi connectivity index (χ2v) is 3.94. The third kappa shape index (κ3) is 1.60. The van der Waals surface area contributed by atoms with Crippen LogP contribution < -0.4 is 0 Å². The van der Waals surface area contributed by atoms with E-state index >= 15 is 0 Å². The van der Waals surface area contributed by atoms with Gasteiger partial charge in [0.25, 0.3) is 0 Å². The zero-order valence-corrected chi connectivity index (χ0v) is 9.21. The van der Waals surface area contributed by atoms with Gasteiger partial charge in [0.15, 0.2) is 6.10 Å². The van der Waals surface area contributed by atoms with Crippen molar-refractivity contribution in [3.05, 3.63) is 47.5 Å². The number of furan rings is 1. The van der Waals surface area contributed by atoms with E-state index in [0.29, 0.717) is 11.5 Å². The number of aliphatic hydroxyl groups is 1. The normalized spacial score (nSPS) is 13.1. The SMILES string of the molecule is Cc1cccc2cc(C(O)c3cn[nH]n3)oc12. The molecule has 1 unspecified atom stereocenters. The van der Waals surface area contributed by atoms with Gasteiger partial charge in [-0.15, -0.1) is 0 Å². The van der Waals surface area contributed by atoms with Crippen LogP contribution in [0.2, 0.25) is 0 Å². The summed E-state index contributed by atoms with van der Waals surface area (Å²) in [6.07, 6.45) is 0.589. The highest BCUT2D eigenvalue weighted by Crippen LogP contribution is 2.28. The molecule has 0 aliphatic heterocycles. The molecule has 0 saturated carbocycles. The Morgan fingerprint density at radius 3 is 3.00 bits per heavy atom. The summed E-state index contributed by atoms with van der Waals surface area (Å²) in [7, 11) is 0. The van der Waals surface area contributed by atoms with Crippen molar-refractivity contribution in [3.8, 4) is 0 Å². The zero-order valence-electron chi connectivity index (χ0n) is 9.21. The Morgan fingerprint density at radius 1 is 1.41 bits per heavy atom. The fraction of sp³-hybridized carbons (Fsp3) is 0.167. The lowest BCUT2D eigenvalue weighted by atomic mass is 10.1. The number of benzene rings is 1. The van der Waals surface area contributed by atoms with Crippen LogP contribution in [-0.2, 0) is 0 Å². The van der Waals surface area contributed by atoms with Crippen molar-refractivity contribution in [3.63, 3.8) is 0 Å². The summed E-state index contributed by atoms with van der Waals surface area (Å²) in [5, 5.41) is 21.0. The molecule has 86 valence electrons. The molecule has 2 N–H and O–H groups in total. The first kappa shape index (κ1) is 10.0. The fourth-order valence-electron chi connectivity index (χ4n) is 1.85. The first-order chi connectivity index (χ1) is 8.25. The van der Waals surface area contributed by atoms with E-state index in [2.05, 4.69) is 15.4 Å². The number of rotatable bonds is 2. The van der Waals surface area contributed by atoms with E-state index in [9.17, 15) is 5.11 Å². The Labute approximate surface area is 97.1 Å². The summed E-state index contributed by atoms with van der Waals surface area (Å²) >= 11 is 0. The van der Waals surface area contributed by atoms with E-state index < -0.39 is 6.10 Å². The second-order valence-electron chi connectivity index (χ2n) is 3.94. The minimum Gasteiger partial charge on any atom is -0.458 e. The summed E-state index contributed by atoms with van der Waals surface area (Å²) in [5.41, 5.74) is 2.29. The van der Waals surface area contributed by atoms with E-state index in [4.69, 9.17) is 4.42 Å². The third-order valence-electron chi connectivity index (χ3n) is 2.74. The van der Waals surface area contributed by atoms with Gasteiger partial charge in [-0.3, -0.25) is 0 Å². The molecule has 2 heterocycles. The molecule has 0 amide bonds. The number of fused-ring (bicyclic) bond motifs is 1. The Morgan fingerprint density at radius 2 is 2.29 bits per heavy atom. The number of hydrogen-bond donors (Lipinski definition) is 2. The first-order valence-corrected chi connectivity index (χ1v) is 5.28. The van der Waals surface area contributed by atoms with Crippen LogP contribution in [-0.4, -0.2) is 20.5 Å². The van der Waals surface area contributed by atoms with Gasteiger partial charge in [0, 0.05) is 5.39 Å². The van der Waals surface area contributed by atoms with Gasteiger partial charge in [-0.05, 0) is 18.6 Å². The van der Waals surface area contributed by atoms with Crippen LogP contribution >= 0.6 is 0 Å². The van der Waals surface area contributed by atoms with Crippen LogP contribution in [0.15, 0.2) is 34.9 Å². The molecular weight excluding hydrogens is 218 g/mol. The molecule has 0 bridgehead atoms. The highest BCUT2D eigenvalue weighted by atomic mass is 16.4. The third-order valence-corrected chi connectivity index (χ3v) is 2.74. The molecule has 1 atom stereocenters. The van der Waals surface area contributed by atoms with E-state index in [0.717, 1.165) is 16.5 Å². The van der Waals surface area contributed by atoms with Crippen molar-refractivity contribution in [2.75, 3.05) is 0 Å². The predicted octanol–water partition coefficient (Wildman–Crippen LogP) is 1.94. The van der Waals surface area contributed by atoms with Gasteiger partial charge in [0.1, 0.15) is 17.0 Å². The van der Waals surface area contributed by atoms with E-state index in [1.165, 1.54) is 6.20 Å². The van der Waals surface area contributed by atoms with Crippen molar-refractivity contribution >= 4 is 11.0 Å². The quantitative estimate of drug-likeness (QED) is 0.704. The van der Waals surface area contributed by atoms with Gasteiger partial charge < -0.3 is 9.52 Å². The van der Waals surface area contributed by atoms with E-state index in [1.807, 2.05) is 31.2 Å². The Balaban J connectivity index is 2.10. The number of aryl methyl sites for hydroxylation is 1. The number of hydrogen-bond acceptors (Lipinski definition) is 4. The second kappa shape index (κ2) is 3.71. The average Bonchev–Trinajstić information content (AvgIpc) is 2.98. The van der Waals surface area contributed by atoms with Crippen LogP contribution in [0.3, 0.4) is 0 Å². The van der Waals surface area contributed by atoms with Crippen LogP contribution in [0.25, 0.3) is 11.0 Å². The predicted molar refractivity (Wildman–Crippen MR) is 61.4 cm³/mol. The summed E-state index contributed by atoms with van der Waals surface area (Å²) in [6, 6.07) is 7.70. The highest BCUT2D eigenvalue weighted by Gasteiger charge is 2.18. The highest BCUT2D eigenvalue weighted by molar-refractivity contribution is 5.81. The summed E-state index contributed by atoms with van der Waals surface area (Å²) in [6.45, 7) is 1.97. The molecule has 5 nitrogen and oxygen atoms in total. The number of aromatic nitrogens is 3. The van der Waals surface area contributed by atoms with Gasteiger partial charge in [-0.1, -0.05) is 18.2 Å². The first-order valence-electron chi connectivity index (χ1n) is 5.28. The van der Waals surface area contributed by atoms with Crippen molar-refractivity contribution in [1.82, 2.24) is 15.4 Å². The van der Waals surface area contributed by atoms with Crippen LogP contribution in [0.5, 0.6) is 0 Å². The number of aromatic amines is 1. The maximum atomic E-state index is 10.1. The Bertz CT molecular complexity index is 643.